The van der Waals surface area contributed by atoms with Crippen LogP contribution in [0.2, 0.25) is 0 Å². The first kappa shape index (κ1) is 25.5. The van der Waals surface area contributed by atoms with Gasteiger partial charge >= 0.3 is 12.3 Å². The molecule has 0 unspecified atom stereocenters. The smallest absolute Gasteiger partial charge is 0.416 e. The number of ether oxygens (including phenoxy) is 1. The monoisotopic (exact) mass is 503 g/mol. The van der Waals surface area contributed by atoms with Gasteiger partial charge in [-0.2, -0.15) is 18.2 Å². The lowest BCUT2D eigenvalue weighted by atomic mass is 9.96. The van der Waals surface area contributed by atoms with Crippen LogP contribution < -0.4 is 4.90 Å². The van der Waals surface area contributed by atoms with Crippen LogP contribution in [-0.2, 0) is 28.8 Å². The fourth-order valence-corrected chi connectivity index (χ4v) is 4.82. The van der Waals surface area contributed by atoms with Crippen LogP contribution in [0, 0.1) is 13.8 Å². The van der Waals surface area contributed by atoms with E-state index in [1.54, 1.807) is 31.0 Å². The molecule has 1 atom stereocenters. The molecule has 0 saturated carbocycles. The summed E-state index contributed by atoms with van der Waals surface area (Å²) in [5.41, 5.74) is 2.11. The minimum atomic E-state index is -4.50. The molecule has 0 fully saturated rings. The number of alkyl halides is 3. The molecule has 0 aliphatic carbocycles. The summed E-state index contributed by atoms with van der Waals surface area (Å²) in [7, 11) is 0. The van der Waals surface area contributed by atoms with Crippen molar-refractivity contribution >= 4 is 23.5 Å². The van der Waals surface area contributed by atoms with Gasteiger partial charge in [-0.25, -0.2) is 9.78 Å². The van der Waals surface area contributed by atoms with Crippen LogP contribution in [0.15, 0.2) is 24.4 Å². The summed E-state index contributed by atoms with van der Waals surface area (Å²) in [5, 5.41) is 0. The number of carbonyl (C=O) groups excluding carboxylic acids is 2. The normalized spacial score (nSPS) is 14.2. The number of amides is 1. The number of aryl methyl sites for hydroxylation is 1. The summed E-state index contributed by atoms with van der Waals surface area (Å²) < 4.78 is 47.9. The molecule has 8 nitrogen and oxygen atoms in total. The fourth-order valence-electron chi connectivity index (χ4n) is 4.82. The highest BCUT2D eigenvalue weighted by Gasteiger charge is 2.36. The van der Waals surface area contributed by atoms with E-state index in [0.29, 0.717) is 22.7 Å². The Morgan fingerprint density at radius 3 is 2.58 bits per heavy atom. The summed E-state index contributed by atoms with van der Waals surface area (Å²) in [4.78, 5) is 37.2. The molecule has 3 aromatic rings. The third kappa shape index (κ3) is 4.49. The predicted molar refractivity (Wildman–Crippen MR) is 127 cm³/mol. The van der Waals surface area contributed by atoms with Crippen LogP contribution in [-0.4, -0.2) is 44.3 Å². The average molecular weight is 504 g/mol. The molecule has 1 aliphatic heterocycles. The van der Waals surface area contributed by atoms with Crippen molar-refractivity contribution in [2.24, 2.45) is 0 Å². The Morgan fingerprint density at radius 1 is 1.22 bits per heavy atom. The predicted octanol–water partition coefficient (Wildman–Crippen LogP) is 4.99. The maximum Gasteiger partial charge on any atom is 0.416 e. The Morgan fingerprint density at radius 2 is 1.94 bits per heavy atom. The van der Waals surface area contributed by atoms with Crippen LogP contribution in [0.25, 0.3) is 5.78 Å². The quantitative estimate of drug-likeness (QED) is 0.471. The van der Waals surface area contributed by atoms with E-state index >= 15 is 0 Å². The number of nitrogens with zero attached hydrogens (tertiary/aromatic N) is 5. The van der Waals surface area contributed by atoms with Gasteiger partial charge in [0.25, 0.3) is 0 Å². The summed E-state index contributed by atoms with van der Waals surface area (Å²) in [6, 6.07) is 3.43. The highest BCUT2D eigenvalue weighted by Crippen LogP contribution is 2.39. The Kier molecular flexibility index (Phi) is 6.68. The molecule has 2 aromatic heterocycles. The second-order valence-corrected chi connectivity index (χ2v) is 8.97. The van der Waals surface area contributed by atoms with Crippen molar-refractivity contribution in [1.82, 2.24) is 19.3 Å². The van der Waals surface area contributed by atoms with E-state index < -0.39 is 23.9 Å². The van der Waals surface area contributed by atoms with E-state index in [0.717, 1.165) is 17.5 Å². The number of aromatic nitrogens is 3. The lowest BCUT2D eigenvalue weighted by molar-refractivity contribution is -0.138. The van der Waals surface area contributed by atoms with Crippen molar-refractivity contribution in [2.45, 2.75) is 59.9 Å². The van der Waals surface area contributed by atoms with E-state index in [9.17, 15) is 22.8 Å². The molecule has 36 heavy (non-hydrogen) atoms. The molecule has 0 radical (unpaired) electrons. The first-order valence-corrected chi connectivity index (χ1v) is 11.6. The molecule has 11 heteroatoms. The van der Waals surface area contributed by atoms with E-state index in [1.165, 1.54) is 24.8 Å². The van der Waals surface area contributed by atoms with Gasteiger partial charge < -0.3 is 9.64 Å². The number of hydrogen-bond donors (Lipinski definition) is 0. The number of Topliss-reactive ketones (excluding diaryl/α,β-unsaturated/α-hetero) is 1. The van der Waals surface area contributed by atoms with Gasteiger partial charge in [-0.1, -0.05) is 12.1 Å². The number of anilines is 1. The van der Waals surface area contributed by atoms with E-state index in [-0.39, 0.29) is 37.6 Å². The number of rotatable bonds is 6. The maximum atomic E-state index is 13.6. The van der Waals surface area contributed by atoms with Gasteiger partial charge in [0, 0.05) is 11.3 Å². The number of benzene rings is 1. The van der Waals surface area contributed by atoms with Crippen LogP contribution >= 0.6 is 0 Å². The maximum absolute atomic E-state index is 13.6. The fraction of sp³-hybridized carbons (Fsp3) is 0.440. The molecule has 4 rings (SSSR count). The number of fused-ring (bicyclic) bond motifs is 3. The molecule has 1 aliphatic rings. The Bertz CT molecular complexity index is 1330. The Balaban J connectivity index is 1.88. The first-order chi connectivity index (χ1) is 16.9. The molecule has 0 bridgehead atoms. The van der Waals surface area contributed by atoms with Crippen molar-refractivity contribution in [3.05, 3.63) is 58.0 Å². The highest BCUT2D eigenvalue weighted by molar-refractivity contribution is 5.81. The molecule has 0 saturated heterocycles. The van der Waals surface area contributed by atoms with Crippen LogP contribution in [0.1, 0.15) is 60.5 Å². The molecule has 0 spiro atoms. The van der Waals surface area contributed by atoms with Gasteiger partial charge in [-0.15, -0.1) is 0 Å². The minimum absolute atomic E-state index is 0.0778. The molecule has 3 heterocycles. The van der Waals surface area contributed by atoms with Crippen molar-refractivity contribution in [3.8, 4) is 0 Å². The van der Waals surface area contributed by atoms with Gasteiger partial charge in [0.15, 0.2) is 0 Å². The SMILES string of the molecule is CCOC(=O)N1Cc2c(N(CC(C)=O)[C@H](C)c3cccc(C(F)(F)F)c3C)nc3ncc(C)n3c2C1. The summed E-state index contributed by atoms with van der Waals surface area (Å²) in [6.45, 7) is 8.78. The zero-order valence-corrected chi connectivity index (χ0v) is 20.8. The van der Waals surface area contributed by atoms with Gasteiger partial charge in [-0.05, 0) is 51.8 Å². The highest BCUT2D eigenvalue weighted by atomic mass is 19.4. The second-order valence-electron chi connectivity index (χ2n) is 8.97. The lowest BCUT2D eigenvalue weighted by Crippen LogP contribution is -2.34. The number of hydrogen-bond acceptors (Lipinski definition) is 6. The van der Waals surface area contributed by atoms with E-state index in [2.05, 4.69) is 4.98 Å². The first-order valence-electron chi connectivity index (χ1n) is 11.6. The molecule has 192 valence electrons. The number of carbonyl (C=O) groups is 2. The summed E-state index contributed by atoms with van der Waals surface area (Å²) in [5.74, 6) is 0.615. The second kappa shape index (κ2) is 9.44. The third-order valence-corrected chi connectivity index (χ3v) is 6.49. The minimum Gasteiger partial charge on any atom is -0.450 e. The van der Waals surface area contributed by atoms with Crippen molar-refractivity contribution in [3.63, 3.8) is 0 Å². The van der Waals surface area contributed by atoms with Gasteiger partial charge in [-0.3, -0.25) is 14.1 Å². The molecule has 0 N–H and O–H groups in total. The van der Waals surface area contributed by atoms with Crippen LogP contribution in [0.4, 0.5) is 23.8 Å². The van der Waals surface area contributed by atoms with E-state index in [1.807, 2.05) is 11.3 Å². The summed E-state index contributed by atoms with van der Waals surface area (Å²) >= 11 is 0. The standard InChI is InChI=1S/C25H28F3N5O3/c1-6-36-24(35)31-12-19-21(13-31)33-14(2)10-29-23(33)30-22(19)32(11-15(3)34)17(5)18-8-7-9-20(16(18)4)25(26,27)28/h7-10,17H,6,11-13H2,1-5H3/t17-/m1/s1. The zero-order chi connectivity index (χ0) is 26.4. The Hall–Kier alpha value is -3.63. The van der Waals surface area contributed by atoms with Gasteiger partial charge in [0.2, 0.25) is 5.78 Å². The van der Waals surface area contributed by atoms with Crippen molar-refractivity contribution in [1.29, 1.82) is 0 Å². The molecular formula is C25H28F3N5O3. The number of ketones is 1. The average Bonchev–Trinajstić information content (AvgIpc) is 3.40. The topological polar surface area (TPSA) is 80.0 Å². The van der Waals surface area contributed by atoms with Gasteiger partial charge in [0.05, 0.1) is 49.7 Å². The summed E-state index contributed by atoms with van der Waals surface area (Å²) in [6.07, 6.45) is -3.32. The Labute approximate surface area is 206 Å². The molecule has 1 amide bonds. The number of halogens is 3. The third-order valence-electron chi connectivity index (χ3n) is 6.49. The zero-order valence-electron chi connectivity index (χ0n) is 20.8. The number of imidazole rings is 1. The van der Waals surface area contributed by atoms with Crippen LogP contribution in [0.3, 0.4) is 0 Å². The van der Waals surface area contributed by atoms with Crippen molar-refractivity contribution in [2.75, 3.05) is 18.1 Å². The lowest BCUT2D eigenvalue weighted by Gasteiger charge is -2.32. The van der Waals surface area contributed by atoms with Crippen LogP contribution in [0.5, 0.6) is 0 Å². The van der Waals surface area contributed by atoms with E-state index in [4.69, 9.17) is 9.72 Å². The largest absolute Gasteiger partial charge is 0.450 e. The molecular weight excluding hydrogens is 475 g/mol. The van der Waals surface area contributed by atoms with Crippen molar-refractivity contribution < 1.29 is 27.5 Å². The molecule has 1 aromatic carbocycles. The van der Waals surface area contributed by atoms with Gasteiger partial charge in [0.1, 0.15) is 11.6 Å².